The Hall–Kier alpha value is -2.10. The van der Waals surface area contributed by atoms with Crippen LogP contribution in [-0.4, -0.2) is 22.4 Å². The molecule has 2 aromatic heterocycles. The number of hydrogen-bond acceptors (Lipinski definition) is 2. The molecule has 2 rings (SSSR count). The van der Waals surface area contributed by atoms with Gasteiger partial charge < -0.3 is 9.97 Å². The molecule has 0 aliphatic carbocycles. The van der Waals surface area contributed by atoms with E-state index in [2.05, 4.69) is 20.2 Å². The summed E-state index contributed by atoms with van der Waals surface area (Å²) in [5.74, 6) is 0. The van der Waals surface area contributed by atoms with E-state index in [1.165, 1.54) is 0 Å². The highest BCUT2D eigenvalue weighted by Gasteiger charge is 1.84. The third-order valence-corrected chi connectivity index (χ3v) is 1.72. The van der Waals surface area contributed by atoms with Crippen LogP contribution in [0.1, 0.15) is 11.1 Å². The Bertz CT molecular complexity index is 367. The summed E-state index contributed by atoms with van der Waals surface area (Å²) < 4.78 is 0. The first-order valence-electron chi connectivity index (χ1n) is 4.27. The summed E-state index contributed by atoms with van der Waals surface area (Å²) in [6, 6.07) is 3.85. The van der Waals surface area contributed by atoms with E-state index >= 15 is 0 Å². The second-order valence-corrected chi connectivity index (χ2v) is 2.78. The van der Waals surface area contributed by atoms with Gasteiger partial charge in [0.15, 0.2) is 0 Å². The van der Waals surface area contributed by atoms with Crippen LogP contribution < -0.4 is 0 Å². The number of aromatic amines is 2. The average molecular weight is 186 g/mol. The second kappa shape index (κ2) is 4.23. The van der Waals surface area contributed by atoms with Gasteiger partial charge in [0, 0.05) is 35.9 Å². The Kier molecular flexibility index (Phi) is 2.56. The van der Waals surface area contributed by atoms with E-state index in [0.717, 1.165) is 11.1 Å². The summed E-state index contributed by atoms with van der Waals surface area (Å²) in [4.78, 5) is 5.87. The zero-order valence-electron chi connectivity index (χ0n) is 7.51. The van der Waals surface area contributed by atoms with Crippen LogP contribution in [0.3, 0.4) is 0 Å². The Morgan fingerprint density at radius 2 is 1.36 bits per heavy atom. The summed E-state index contributed by atoms with van der Waals surface area (Å²) in [6.07, 6.45) is 10.8. The van der Waals surface area contributed by atoms with Gasteiger partial charge in [-0.05, 0) is 12.1 Å². The highest BCUT2D eigenvalue weighted by Crippen LogP contribution is 1.93. The molecule has 0 radical (unpaired) electrons. The van der Waals surface area contributed by atoms with Crippen molar-refractivity contribution in [2.75, 3.05) is 0 Å². The van der Waals surface area contributed by atoms with E-state index in [1.54, 1.807) is 12.4 Å². The normalized spacial score (nSPS) is 11.7. The van der Waals surface area contributed by atoms with Gasteiger partial charge in [0.1, 0.15) is 0 Å². The zero-order chi connectivity index (χ0) is 9.64. The minimum absolute atomic E-state index is 1.01. The molecular weight excluding hydrogens is 176 g/mol. The van der Waals surface area contributed by atoms with Gasteiger partial charge in [0.25, 0.3) is 0 Å². The average Bonchev–Trinajstić information content (AvgIpc) is 2.86. The van der Waals surface area contributed by atoms with Crippen LogP contribution in [0.25, 0.3) is 0 Å². The lowest BCUT2D eigenvalue weighted by molar-refractivity contribution is 1.26. The maximum Gasteiger partial charge on any atom is 0.0583 e. The monoisotopic (exact) mass is 186 g/mol. The SMILES string of the molecule is C(=NN=Cc1cc[nH]c1)c1cc[nH]c1. The summed E-state index contributed by atoms with van der Waals surface area (Å²) in [5.41, 5.74) is 2.02. The molecule has 0 aliphatic rings. The largest absolute Gasteiger partial charge is 0.367 e. The van der Waals surface area contributed by atoms with Crippen LogP contribution in [0.15, 0.2) is 47.1 Å². The van der Waals surface area contributed by atoms with Crippen LogP contribution in [0.4, 0.5) is 0 Å². The Labute approximate surface area is 81.4 Å². The number of nitrogens with one attached hydrogen (secondary N) is 2. The molecule has 14 heavy (non-hydrogen) atoms. The fraction of sp³-hybridized carbons (Fsp3) is 0. The molecule has 2 aromatic rings. The Morgan fingerprint density at radius 1 is 0.857 bits per heavy atom. The predicted octanol–water partition coefficient (Wildman–Crippen LogP) is 1.80. The molecule has 0 saturated heterocycles. The van der Waals surface area contributed by atoms with Crippen molar-refractivity contribution in [2.45, 2.75) is 0 Å². The third kappa shape index (κ3) is 2.20. The van der Waals surface area contributed by atoms with Gasteiger partial charge in [0.05, 0.1) is 12.4 Å². The van der Waals surface area contributed by atoms with E-state index < -0.39 is 0 Å². The van der Waals surface area contributed by atoms with Gasteiger partial charge in [-0.1, -0.05) is 0 Å². The molecule has 0 atom stereocenters. The second-order valence-electron chi connectivity index (χ2n) is 2.78. The summed E-state index contributed by atoms with van der Waals surface area (Å²) in [7, 11) is 0. The molecule has 0 aromatic carbocycles. The van der Waals surface area contributed by atoms with Crippen molar-refractivity contribution in [3.63, 3.8) is 0 Å². The molecule has 0 spiro atoms. The predicted molar refractivity (Wildman–Crippen MR) is 56.8 cm³/mol. The minimum atomic E-state index is 1.01. The van der Waals surface area contributed by atoms with Gasteiger partial charge in [-0.25, -0.2) is 0 Å². The van der Waals surface area contributed by atoms with Crippen molar-refractivity contribution in [1.82, 2.24) is 9.97 Å². The third-order valence-electron chi connectivity index (χ3n) is 1.72. The molecule has 4 heteroatoms. The van der Waals surface area contributed by atoms with E-state index in [1.807, 2.05) is 36.9 Å². The van der Waals surface area contributed by atoms with Crippen LogP contribution in [0.5, 0.6) is 0 Å². The summed E-state index contributed by atoms with van der Waals surface area (Å²) in [6.45, 7) is 0. The van der Waals surface area contributed by atoms with Gasteiger partial charge in [-0.2, -0.15) is 10.2 Å². The summed E-state index contributed by atoms with van der Waals surface area (Å²) >= 11 is 0. The first-order chi connectivity index (χ1) is 6.95. The fourth-order valence-electron chi connectivity index (χ4n) is 1.03. The van der Waals surface area contributed by atoms with Gasteiger partial charge in [0.2, 0.25) is 0 Å². The van der Waals surface area contributed by atoms with E-state index in [0.29, 0.717) is 0 Å². The lowest BCUT2D eigenvalue weighted by atomic mass is 10.4. The molecule has 0 saturated carbocycles. The molecule has 4 nitrogen and oxygen atoms in total. The summed E-state index contributed by atoms with van der Waals surface area (Å²) in [5, 5.41) is 7.80. The Morgan fingerprint density at radius 3 is 1.71 bits per heavy atom. The number of aromatic nitrogens is 2. The molecule has 0 unspecified atom stereocenters. The van der Waals surface area contributed by atoms with Crippen molar-refractivity contribution >= 4 is 12.4 Å². The lowest BCUT2D eigenvalue weighted by Gasteiger charge is -1.80. The van der Waals surface area contributed by atoms with Crippen LogP contribution >= 0.6 is 0 Å². The smallest absolute Gasteiger partial charge is 0.0583 e. The van der Waals surface area contributed by atoms with E-state index in [4.69, 9.17) is 0 Å². The molecule has 2 N–H and O–H groups in total. The lowest BCUT2D eigenvalue weighted by Crippen LogP contribution is -1.75. The number of hydrogen-bond donors (Lipinski definition) is 2. The topological polar surface area (TPSA) is 56.3 Å². The highest BCUT2D eigenvalue weighted by molar-refractivity contribution is 5.82. The first kappa shape index (κ1) is 8.50. The maximum absolute atomic E-state index is 3.90. The highest BCUT2D eigenvalue weighted by atomic mass is 15.2. The molecule has 0 amide bonds. The van der Waals surface area contributed by atoms with Crippen LogP contribution in [0.2, 0.25) is 0 Å². The Balaban J connectivity index is 1.94. The van der Waals surface area contributed by atoms with Gasteiger partial charge in [-0.3, -0.25) is 0 Å². The zero-order valence-corrected chi connectivity index (χ0v) is 7.51. The van der Waals surface area contributed by atoms with Gasteiger partial charge in [-0.15, -0.1) is 0 Å². The molecule has 70 valence electrons. The van der Waals surface area contributed by atoms with Crippen LogP contribution in [0, 0.1) is 0 Å². The molecule has 0 bridgehead atoms. The van der Waals surface area contributed by atoms with Gasteiger partial charge >= 0.3 is 0 Å². The quantitative estimate of drug-likeness (QED) is 0.542. The van der Waals surface area contributed by atoms with Crippen molar-refractivity contribution < 1.29 is 0 Å². The van der Waals surface area contributed by atoms with Crippen molar-refractivity contribution in [3.05, 3.63) is 48.0 Å². The van der Waals surface area contributed by atoms with Crippen molar-refractivity contribution in [2.24, 2.45) is 10.2 Å². The molecule has 0 fully saturated rings. The first-order valence-corrected chi connectivity index (χ1v) is 4.27. The van der Waals surface area contributed by atoms with Crippen molar-refractivity contribution in [3.8, 4) is 0 Å². The van der Waals surface area contributed by atoms with E-state index in [-0.39, 0.29) is 0 Å². The van der Waals surface area contributed by atoms with E-state index in [9.17, 15) is 0 Å². The fourth-order valence-corrected chi connectivity index (χ4v) is 1.03. The number of H-pyrrole nitrogens is 2. The minimum Gasteiger partial charge on any atom is -0.367 e. The molecule has 2 heterocycles. The number of nitrogens with zero attached hydrogens (tertiary/aromatic N) is 2. The van der Waals surface area contributed by atoms with Crippen molar-refractivity contribution in [1.29, 1.82) is 0 Å². The maximum atomic E-state index is 3.90. The number of rotatable bonds is 3. The standard InChI is InChI=1S/C10H10N4/c1-3-11-5-9(1)7-13-14-8-10-2-4-12-6-10/h1-8,11-12H. The van der Waals surface area contributed by atoms with Crippen LogP contribution in [-0.2, 0) is 0 Å². The molecule has 0 aliphatic heterocycles. The molecular formula is C10H10N4.